The minimum atomic E-state index is -0.628. The largest absolute Gasteiger partial charge is 0.497 e. The quantitative estimate of drug-likeness (QED) is 0.453. The third kappa shape index (κ3) is 6.06. The zero-order valence-corrected chi connectivity index (χ0v) is 23.1. The van der Waals surface area contributed by atoms with Gasteiger partial charge in [-0.15, -0.1) is 0 Å². The number of nitrogens with zero attached hydrogens (tertiary/aromatic N) is 2. The van der Waals surface area contributed by atoms with E-state index in [4.69, 9.17) is 25.8 Å². The van der Waals surface area contributed by atoms with Gasteiger partial charge in [0.1, 0.15) is 22.3 Å². The molecule has 2 N–H and O–H groups in total. The number of methoxy groups -OCH3 is 2. The molecule has 0 saturated heterocycles. The summed E-state index contributed by atoms with van der Waals surface area (Å²) in [5.41, 5.74) is 0.374. The van der Waals surface area contributed by atoms with Crippen LogP contribution >= 0.6 is 11.6 Å². The Balaban J connectivity index is 1.53. The van der Waals surface area contributed by atoms with E-state index in [2.05, 4.69) is 15.6 Å². The van der Waals surface area contributed by atoms with Crippen LogP contribution in [0.5, 0.6) is 11.5 Å². The van der Waals surface area contributed by atoms with Crippen molar-refractivity contribution in [1.82, 2.24) is 15.2 Å². The Morgan fingerprint density at radius 1 is 1.18 bits per heavy atom. The number of aromatic nitrogens is 1. The summed E-state index contributed by atoms with van der Waals surface area (Å²) in [5, 5.41) is 5.98. The van der Waals surface area contributed by atoms with E-state index in [1.807, 2.05) is 0 Å². The summed E-state index contributed by atoms with van der Waals surface area (Å²) in [7, 11) is 3.09. The summed E-state index contributed by atoms with van der Waals surface area (Å²) in [6.07, 6.45) is 2.75. The Morgan fingerprint density at radius 3 is 2.55 bits per heavy atom. The van der Waals surface area contributed by atoms with Crippen molar-refractivity contribution in [3.8, 4) is 11.5 Å². The average molecular weight is 549 g/mol. The molecule has 2 atom stereocenters. The summed E-state index contributed by atoms with van der Waals surface area (Å²) in [4.78, 5) is 31.3. The fraction of sp³-hybridized carbons (Fsp3) is 0.519. The van der Waals surface area contributed by atoms with Crippen LogP contribution in [0.2, 0.25) is 5.15 Å². The molecule has 9 nitrogen and oxygen atoms in total. The van der Waals surface area contributed by atoms with Crippen LogP contribution in [0.15, 0.2) is 18.2 Å². The molecule has 1 aromatic heterocycles. The van der Waals surface area contributed by atoms with Crippen LogP contribution in [-0.2, 0) is 17.8 Å². The fourth-order valence-electron chi connectivity index (χ4n) is 4.89. The van der Waals surface area contributed by atoms with Crippen molar-refractivity contribution >= 4 is 29.4 Å². The van der Waals surface area contributed by atoms with Crippen LogP contribution in [0.4, 0.5) is 15.0 Å². The van der Waals surface area contributed by atoms with E-state index < -0.39 is 23.4 Å². The number of ether oxygens (including phenoxy) is 3. The maximum absolute atomic E-state index is 15.7. The summed E-state index contributed by atoms with van der Waals surface area (Å²) in [6.45, 7) is 5.62. The molecule has 1 aliphatic carbocycles. The zero-order valence-electron chi connectivity index (χ0n) is 22.3. The van der Waals surface area contributed by atoms with Gasteiger partial charge < -0.3 is 29.7 Å². The van der Waals surface area contributed by atoms with Crippen LogP contribution in [0, 0.1) is 5.82 Å². The number of alkyl carbamates (subject to hydrolysis) is 1. The van der Waals surface area contributed by atoms with Gasteiger partial charge in [-0.2, -0.15) is 0 Å². The number of halogens is 2. The van der Waals surface area contributed by atoms with Gasteiger partial charge >= 0.3 is 6.09 Å². The van der Waals surface area contributed by atoms with Crippen LogP contribution < -0.4 is 20.1 Å². The molecule has 1 aliphatic heterocycles. The lowest BCUT2D eigenvalue weighted by molar-refractivity contribution is 0.0488. The molecule has 0 spiro atoms. The number of fused-ring (bicyclic) bond motifs is 1. The predicted molar refractivity (Wildman–Crippen MR) is 141 cm³/mol. The molecular formula is C27H34ClFN4O5. The monoisotopic (exact) mass is 548 g/mol. The average Bonchev–Trinajstić information content (AvgIpc) is 3.19. The molecule has 1 aromatic carbocycles. The predicted octanol–water partition coefficient (Wildman–Crippen LogP) is 5.30. The lowest BCUT2D eigenvalue weighted by Gasteiger charge is -2.34. The molecule has 0 radical (unpaired) electrons. The van der Waals surface area contributed by atoms with E-state index in [-0.39, 0.29) is 47.3 Å². The number of nitrogens with one attached hydrogen (secondary N) is 2. The second kappa shape index (κ2) is 11.2. The molecule has 2 amide bonds. The molecule has 0 bridgehead atoms. The Morgan fingerprint density at radius 2 is 1.89 bits per heavy atom. The number of hydrogen-bond acceptors (Lipinski definition) is 7. The number of anilines is 1. The minimum absolute atomic E-state index is 0.0340. The number of benzene rings is 1. The summed E-state index contributed by atoms with van der Waals surface area (Å²) < 4.78 is 31.8. The van der Waals surface area contributed by atoms with E-state index in [0.717, 1.165) is 18.4 Å². The first-order valence-corrected chi connectivity index (χ1v) is 13.0. The van der Waals surface area contributed by atoms with Gasteiger partial charge in [-0.1, -0.05) is 24.4 Å². The van der Waals surface area contributed by atoms with Crippen molar-refractivity contribution in [2.75, 3.05) is 19.5 Å². The van der Waals surface area contributed by atoms with Crippen molar-refractivity contribution in [3.05, 3.63) is 45.9 Å². The zero-order chi connectivity index (χ0) is 27.6. The molecule has 1 saturated carbocycles. The lowest BCUT2D eigenvalue weighted by Crippen LogP contribution is -2.50. The first-order chi connectivity index (χ1) is 18.0. The van der Waals surface area contributed by atoms with E-state index in [9.17, 15) is 9.59 Å². The summed E-state index contributed by atoms with van der Waals surface area (Å²) >= 11 is 6.42. The number of carbonyl (C=O) groups is 2. The lowest BCUT2D eigenvalue weighted by atomic mass is 9.90. The van der Waals surface area contributed by atoms with E-state index in [0.29, 0.717) is 24.3 Å². The highest BCUT2D eigenvalue weighted by Crippen LogP contribution is 2.36. The SMILES string of the molecule is COc1ccc(CN2Cc3c(F)c(N[C@@H]4CCCCC4NC(=O)OC(C)(C)C)nc(Cl)c3C2=O)c(OC)c1. The van der Waals surface area contributed by atoms with Crippen molar-refractivity contribution in [2.24, 2.45) is 0 Å². The van der Waals surface area contributed by atoms with Crippen LogP contribution in [-0.4, -0.2) is 53.8 Å². The van der Waals surface area contributed by atoms with Gasteiger partial charge in [0.05, 0.1) is 32.4 Å². The molecule has 4 rings (SSSR count). The van der Waals surface area contributed by atoms with Crippen molar-refractivity contribution < 1.29 is 28.2 Å². The van der Waals surface area contributed by atoms with Crippen molar-refractivity contribution in [3.63, 3.8) is 0 Å². The Kier molecular flexibility index (Phi) is 8.20. The first kappa shape index (κ1) is 27.8. The van der Waals surface area contributed by atoms with E-state index in [1.165, 1.54) is 12.0 Å². The topological polar surface area (TPSA) is 102 Å². The molecule has 1 unspecified atom stereocenters. The molecule has 2 heterocycles. The van der Waals surface area contributed by atoms with Gasteiger partial charge in [0.25, 0.3) is 5.91 Å². The smallest absolute Gasteiger partial charge is 0.407 e. The minimum Gasteiger partial charge on any atom is -0.497 e. The van der Waals surface area contributed by atoms with Gasteiger partial charge in [0, 0.05) is 29.8 Å². The highest BCUT2D eigenvalue weighted by Gasteiger charge is 2.36. The number of pyridine rings is 1. The van der Waals surface area contributed by atoms with Crippen LogP contribution in [0.3, 0.4) is 0 Å². The van der Waals surface area contributed by atoms with Crippen LogP contribution in [0.25, 0.3) is 0 Å². The van der Waals surface area contributed by atoms with Crippen LogP contribution in [0.1, 0.15) is 67.9 Å². The molecule has 38 heavy (non-hydrogen) atoms. The summed E-state index contributed by atoms with van der Waals surface area (Å²) in [5.74, 6) is 0.124. The van der Waals surface area contributed by atoms with Crippen molar-refractivity contribution in [2.45, 2.75) is 77.2 Å². The molecular weight excluding hydrogens is 515 g/mol. The highest BCUT2D eigenvalue weighted by molar-refractivity contribution is 6.33. The molecule has 2 aromatic rings. The number of amides is 2. The number of hydrogen-bond donors (Lipinski definition) is 2. The van der Waals surface area contributed by atoms with E-state index in [1.54, 1.807) is 46.1 Å². The first-order valence-electron chi connectivity index (χ1n) is 12.6. The summed E-state index contributed by atoms with van der Waals surface area (Å²) in [6, 6.07) is 4.76. The van der Waals surface area contributed by atoms with E-state index >= 15 is 4.39 Å². The third-order valence-corrected chi connectivity index (χ3v) is 6.96. The molecule has 2 aliphatic rings. The number of rotatable bonds is 7. The molecule has 11 heteroatoms. The Bertz CT molecular complexity index is 1220. The fourth-order valence-corrected chi connectivity index (χ4v) is 5.17. The van der Waals surface area contributed by atoms with Gasteiger partial charge in [-0.25, -0.2) is 14.2 Å². The maximum Gasteiger partial charge on any atom is 0.407 e. The van der Waals surface area contributed by atoms with Crippen molar-refractivity contribution in [1.29, 1.82) is 0 Å². The van der Waals surface area contributed by atoms with Gasteiger partial charge in [0.15, 0.2) is 11.6 Å². The number of carbonyl (C=O) groups excluding carboxylic acids is 2. The highest BCUT2D eigenvalue weighted by atomic mass is 35.5. The molecule has 206 valence electrons. The molecule has 1 fully saturated rings. The Hall–Kier alpha value is -3.27. The third-order valence-electron chi connectivity index (χ3n) is 6.69. The van der Waals surface area contributed by atoms with Gasteiger partial charge in [0.2, 0.25) is 0 Å². The second-order valence-electron chi connectivity index (χ2n) is 10.5. The normalized spacial score (nSPS) is 19.1. The second-order valence-corrected chi connectivity index (χ2v) is 10.9. The standard InChI is InChI=1S/C27H34ClFN4O5/c1-27(2,3)38-26(35)31-19-9-7-6-8-18(19)30-24-22(29)17-14-33(25(34)21(17)23(28)32-24)13-15-10-11-16(36-4)12-20(15)37-5/h10-12,18-19H,6-9,13-14H2,1-5H3,(H,30,32)(H,31,35)/t18-,19?/m1/s1. The van der Waals surface area contributed by atoms with Gasteiger partial charge in [-0.3, -0.25) is 4.79 Å². The maximum atomic E-state index is 15.7. The van der Waals surface area contributed by atoms with Gasteiger partial charge in [-0.05, 0) is 45.7 Å². The Labute approximate surface area is 227 Å².